The molecule has 1 saturated carbocycles. The second-order valence-electron chi connectivity index (χ2n) is 9.16. The molecule has 0 radical (unpaired) electrons. The number of nitrogens with zero attached hydrogens (tertiary/aromatic N) is 2. The second-order valence-corrected chi connectivity index (χ2v) is 12.2. The highest BCUT2D eigenvalue weighted by Crippen LogP contribution is 2.38. The molecule has 11 heteroatoms. The number of carbonyl (C=O) groups excluding carboxylic acids is 1. The fourth-order valence-corrected chi connectivity index (χ4v) is 6.62. The topological polar surface area (TPSA) is 130 Å². The minimum Gasteiger partial charge on any atom is -0.481 e. The molecule has 0 bridgehead atoms. The first kappa shape index (κ1) is 26.4. The van der Waals surface area contributed by atoms with Crippen molar-refractivity contribution in [2.45, 2.75) is 32.6 Å². The first-order valence-electron chi connectivity index (χ1n) is 11.6. The van der Waals surface area contributed by atoms with Crippen LogP contribution in [0, 0.1) is 22.3 Å². The predicted molar refractivity (Wildman–Crippen MR) is 146 cm³/mol. The summed E-state index contributed by atoms with van der Waals surface area (Å²) in [5.41, 5.74) is 2.24. The van der Waals surface area contributed by atoms with Gasteiger partial charge in [0.05, 0.1) is 26.7 Å². The average Bonchev–Trinajstić information content (AvgIpc) is 3.43. The van der Waals surface area contributed by atoms with Crippen LogP contribution in [0.4, 0.5) is 5.82 Å². The van der Waals surface area contributed by atoms with Gasteiger partial charge >= 0.3 is 5.97 Å². The monoisotopic (exact) mass is 625 g/mol. The maximum atomic E-state index is 12.8. The van der Waals surface area contributed by atoms with Gasteiger partial charge in [-0.15, -0.1) is 0 Å². The van der Waals surface area contributed by atoms with E-state index in [9.17, 15) is 23.1 Å². The number of aryl methyl sites for hydroxylation is 1. The molecular weight excluding hydrogens is 597 g/mol. The summed E-state index contributed by atoms with van der Waals surface area (Å²) in [5.74, 6) is -1.17. The largest absolute Gasteiger partial charge is 0.481 e. The van der Waals surface area contributed by atoms with Crippen molar-refractivity contribution >= 4 is 61.4 Å². The third kappa shape index (κ3) is 5.22. The van der Waals surface area contributed by atoms with Crippen molar-refractivity contribution in [1.82, 2.24) is 10.3 Å². The number of pyridine rings is 1. The van der Waals surface area contributed by atoms with Crippen LogP contribution in [0.3, 0.4) is 0 Å². The van der Waals surface area contributed by atoms with Gasteiger partial charge in [0.2, 0.25) is 15.7 Å². The molecule has 1 aromatic carbocycles. The summed E-state index contributed by atoms with van der Waals surface area (Å²) in [5, 5.41) is 12.6. The van der Waals surface area contributed by atoms with Crippen LogP contribution in [0.25, 0.3) is 22.4 Å². The highest BCUT2D eigenvalue weighted by Gasteiger charge is 2.34. The van der Waals surface area contributed by atoms with Gasteiger partial charge in [-0.25, -0.2) is 8.42 Å². The summed E-state index contributed by atoms with van der Waals surface area (Å²) in [6, 6.07) is 9.25. The van der Waals surface area contributed by atoms with Crippen molar-refractivity contribution in [3.05, 3.63) is 45.0 Å². The van der Waals surface area contributed by atoms with E-state index in [4.69, 9.17) is 4.42 Å². The molecule has 2 unspecified atom stereocenters. The van der Waals surface area contributed by atoms with E-state index in [1.807, 2.05) is 53.8 Å². The molecular formula is C25H28IN3O6S. The molecule has 36 heavy (non-hydrogen) atoms. The van der Waals surface area contributed by atoms with Gasteiger partial charge in [-0.1, -0.05) is 36.2 Å². The summed E-state index contributed by atoms with van der Waals surface area (Å²) in [6.07, 6.45) is 3.70. The molecule has 1 aliphatic rings. The van der Waals surface area contributed by atoms with Crippen LogP contribution < -0.4 is 9.62 Å². The Bertz CT molecular complexity index is 1420. The highest BCUT2D eigenvalue weighted by atomic mass is 127. The molecule has 1 aliphatic carbocycles. The van der Waals surface area contributed by atoms with E-state index in [0.29, 0.717) is 38.7 Å². The number of anilines is 1. The molecule has 2 aromatic heterocycles. The first-order chi connectivity index (χ1) is 17.0. The van der Waals surface area contributed by atoms with Gasteiger partial charge in [-0.05, 0) is 60.8 Å². The lowest BCUT2D eigenvalue weighted by Crippen LogP contribution is -2.34. The molecule has 2 N–H and O–H groups in total. The number of amides is 1. The number of aromatic nitrogens is 1. The number of rotatable bonds is 8. The van der Waals surface area contributed by atoms with E-state index < -0.39 is 21.9 Å². The summed E-state index contributed by atoms with van der Waals surface area (Å²) in [7, 11) is -2.19. The standard InChI is InChI=1S/C25H28IN3O6S/c1-14-7-9-16(10-8-14)21-20(23(30)27-2)18-13-19(26)22(28-24(18)35-21)29(36(3,33)34)12-11-15-5-4-6-17(15)25(31)32/h7-10,13,15,17H,4-6,11-12H2,1-3H3,(H,27,30)(H,31,32). The van der Waals surface area contributed by atoms with Gasteiger partial charge < -0.3 is 14.8 Å². The van der Waals surface area contributed by atoms with Crippen molar-refractivity contribution < 1.29 is 27.5 Å². The third-order valence-corrected chi connectivity index (χ3v) is 8.65. The molecule has 2 heterocycles. The number of sulfonamides is 1. The molecule has 0 spiro atoms. The zero-order chi connectivity index (χ0) is 26.2. The predicted octanol–water partition coefficient (Wildman–Crippen LogP) is 4.42. The Balaban J connectivity index is 1.78. The van der Waals surface area contributed by atoms with Gasteiger partial charge in [0.15, 0.2) is 5.82 Å². The number of aliphatic carboxylic acids is 1. The Morgan fingerprint density at radius 2 is 1.94 bits per heavy atom. The lowest BCUT2D eigenvalue weighted by molar-refractivity contribution is -0.142. The van der Waals surface area contributed by atoms with Gasteiger partial charge in [-0.2, -0.15) is 4.98 Å². The van der Waals surface area contributed by atoms with Crippen molar-refractivity contribution in [2.24, 2.45) is 11.8 Å². The number of carboxylic acid groups (broad SMARTS) is 1. The first-order valence-corrected chi connectivity index (χ1v) is 14.6. The molecule has 0 saturated heterocycles. The lowest BCUT2D eigenvalue weighted by Gasteiger charge is -2.25. The minimum atomic E-state index is -3.72. The number of hydrogen-bond donors (Lipinski definition) is 2. The fraction of sp³-hybridized carbons (Fsp3) is 0.400. The highest BCUT2D eigenvalue weighted by molar-refractivity contribution is 14.1. The number of benzene rings is 1. The van der Waals surface area contributed by atoms with Crippen LogP contribution in [0.2, 0.25) is 0 Å². The maximum Gasteiger partial charge on any atom is 0.306 e. The molecule has 3 aromatic rings. The number of carboxylic acids is 1. The summed E-state index contributed by atoms with van der Waals surface area (Å²) < 4.78 is 33.4. The fourth-order valence-electron chi connectivity index (χ4n) is 4.84. The third-order valence-electron chi connectivity index (χ3n) is 6.70. The molecule has 1 amide bonds. The zero-order valence-electron chi connectivity index (χ0n) is 20.2. The Kier molecular flexibility index (Phi) is 7.60. The number of nitrogens with one attached hydrogen (secondary N) is 1. The quantitative estimate of drug-likeness (QED) is 0.355. The number of carbonyl (C=O) groups is 2. The Hall–Kier alpha value is -2.67. The van der Waals surface area contributed by atoms with Crippen LogP contribution in [-0.2, 0) is 14.8 Å². The van der Waals surface area contributed by atoms with Crippen molar-refractivity contribution in [2.75, 3.05) is 24.2 Å². The van der Waals surface area contributed by atoms with Gasteiger partial charge in [0.25, 0.3) is 5.91 Å². The minimum absolute atomic E-state index is 0.0928. The Morgan fingerprint density at radius 1 is 1.25 bits per heavy atom. The molecule has 0 aliphatic heterocycles. The average molecular weight is 625 g/mol. The van der Waals surface area contributed by atoms with Crippen LogP contribution in [0.5, 0.6) is 0 Å². The maximum absolute atomic E-state index is 12.8. The van der Waals surface area contributed by atoms with E-state index in [-0.39, 0.29) is 29.9 Å². The van der Waals surface area contributed by atoms with E-state index >= 15 is 0 Å². The second kappa shape index (κ2) is 10.4. The molecule has 2 atom stereocenters. The molecule has 192 valence electrons. The summed E-state index contributed by atoms with van der Waals surface area (Å²) >= 11 is 2.01. The molecule has 1 fully saturated rings. The van der Waals surface area contributed by atoms with Crippen LogP contribution in [-0.4, -0.2) is 50.2 Å². The van der Waals surface area contributed by atoms with Crippen LogP contribution in [0.15, 0.2) is 34.7 Å². The van der Waals surface area contributed by atoms with E-state index in [1.54, 1.807) is 6.07 Å². The number of furan rings is 1. The Labute approximate surface area is 223 Å². The van der Waals surface area contributed by atoms with Crippen molar-refractivity contribution in [3.8, 4) is 11.3 Å². The number of fused-ring (bicyclic) bond motifs is 1. The zero-order valence-corrected chi connectivity index (χ0v) is 23.2. The van der Waals surface area contributed by atoms with E-state index in [1.165, 1.54) is 11.4 Å². The molecule has 4 rings (SSSR count). The normalized spacial score (nSPS) is 17.9. The van der Waals surface area contributed by atoms with Gasteiger partial charge in [0, 0.05) is 19.2 Å². The SMILES string of the molecule is CNC(=O)c1c(-c2ccc(C)cc2)oc2nc(N(CCC3CCCC3C(=O)O)S(C)(=O)=O)c(I)cc12. The molecule has 9 nitrogen and oxygen atoms in total. The van der Waals surface area contributed by atoms with E-state index in [2.05, 4.69) is 10.3 Å². The van der Waals surface area contributed by atoms with Gasteiger partial charge in [-0.3, -0.25) is 13.9 Å². The van der Waals surface area contributed by atoms with Crippen molar-refractivity contribution in [3.63, 3.8) is 0 Å². The Morgan fingerprint density at radius 3 is 2.56 bits per heavy atom. The van der Waals surface area contributed by atoms with Crippen molar-refractivity contribution in [1.29, 1.82) is 0 Å². The summed E-state index contributed by atoms with van der Waals surface area (Å²) in [4.78, 5) is 29.0. The van der Waals surface area contributed by atoms with Crippen LogP contribution in [0.1, 0.15) is 41.6 Å². The van der Waals surface area contributed by atoms with E-state index in [0.717, 1.165) is 24.7 Å². The van der Waals surface area contributed by atoms with Crippen LogP contribution >= 0.6 is 22.6 Å². The van der Waals surface area contributed by atoms with Gasteiger partial charge in [0.1, 0.15) is 5.76 Å². The summed E-state index contributed by atoms with van der Waals surface area (Å²) in [6.45, 7) is 2.07. The number of halogens is 1. The number of hydrogen-bond acceptors (Lipinski definition) is 6. The lowest BCUT2D eigenvalue weighted by atomic mass is 9.93. The smallest absolute Gasteiger partial charge is 0.306 e.